The van der Waals surface area contributed by atoms with Gasteiger partial charge in [0.2, 0.25) is 11.8 Å². The summed E-state index contributed by atoms with van der Waals surface area (Å²) in [7, 11) is 0. The zero-order valence-electron chi connectivity index (χ0n) is 18.2. The third kappa shape index (κ3) is 3.82. The van der Waals surface area contributed by atoms with Crippen LogP contribution >= 0.6 is 11.3 Å². The lowest BCUT2D eigenvalue weighted by molar-refractivity contribution is -0.121. The van der Waals surface area contributed by atoms with E-state index in [0.29, 0.717) is 22.1 Å². The number of anilines is 2. The van der Waals surface area contributed by atoms with E-state index in [1.165, 1.54) is 11.3 Å². The molecule has 0 saturated carbocycles. The summed E-state index contributed by atoms with van der Waals surface area (Å²) in [4.78, 5) is 45.6. The van der Waals surface area contributed by atoms with Crippen molar-refractivity contribution in [3.05, 3.63) is 77.2 Å². The molecule has 4 aromatic rings. The number of thiazole rings is 1. The first-order valence-corrected chi connectivity index (χ1v) is 11.4. The topological polar surface area (TPSA) is 83.7 Å². The molecule has 1 saturated heterocycles. The zero-order chi connectivity index (χ0) is 23.1. The second-order valence-corrected chi connectivity index (χ2v) is 9.00. The van der Waals surface area contributed by atoms with Crippen LogP contribution in [0.15, 0.2) is 59.2 Å². The largest absolute Gasteiger partial charge is 0.467 e. The number of carbonyl (C=O) groups excluding carboxylic acids is 3. The lowest BCUT2D eigenvalue weighted by Crippen LogP contribution is -2.31. The van der Waals surface area contributed by atoms with Crippen molar-refractivity contribution in [3.63, 3.8) is 0 Å². The number of imide groups is 1. The molecule has 0 aliphatic carbocycles. The average molecular weight is 460 g/mol. The van der Waals surface area contributed by atoms with Crippen LogP contribution in [0.4, 0.5) is 10.8 Å². The summed E-state index contributed by atoms with van der Waals surface area (Å²) in [6, 6.07) is 14.2. The fourth-order valence-corrected chi connectivity index (χ4v) is 4.94. The highest BCUT2D eigenvalue weighted by Gasteiger charge is 2.31. The number of aryl methyl sites for hydroxylation is 2. The second kappa shape index (κ2) is 8.29. The van der Waals surface area contributed by atoms with Crippen molar-refractivity contribution in [2.45, 2.75) is 33.2 Å². The van der Waals surface area contributed by atoms with Gasteiger partial charge in [0.1, 0.15) is 5.76 Å². The fraction of sp³-hybridized carbons (Fsp3) is 0.200. The minimum absolute atomic E-state index is 0.187. The maximum absolute atomic E-state index is 13.7. The Balaban J connectivity index is 1.56. The van der Waals surface area contributed by atoms with Crippen LogP contribution in [0.2, 0.25) is 0 Å². The summed E-state index contributed by atoms with van der Waals surface area (Å²) in [6.45, 7) is 4.26. The van der Waals surface area contributed by atoms with Crippen molar-refractivity contribution in [2.75, 3.05) is 9.80 Å². The third-order valence-electron chi connectivity index (χ3n) is 5.85. The van der Waals surface area contributed by atoms with Crippen LogP contribution in [-0.4, -0.2) is 22.7 Å². The van der Waals surface area contributed by atoms with Crippen molar-refractivity contribution in [1.29, 1.82) is 0 Å². The molecule has 7 nitrogen and oxygen atoms in total. The minimum Gasteiger partial charge on any atom is -0.467 e. The molecule has 1 aliphatic heterocycles. The summed E-state index contributed by atoms with van der Waals surface area (Å²) < 4.78 is 6.50. The van der Waals surface area contributed by atoms with Gasteiger partial charge in [0.25, 0.3) is 5.91 Å². The zero-order valence-corrected chi connectivity index (χ0v) is 19.0. The normalized spacial score (nSPS) is 13.8. The molecule has 2 aromatic carbocycles. The van der Waals surface area contributed by atoms with Crippen LogP contribution in [0.25, 0.3) is 10.2 Å². The maximum Gasteiger partial charge on any atom is 0.260 e. The summed E-state index contributed by atoms with van der Waals surface area (Å²) >= 11 is 1.44. The predicted molar refractivity (Wildman–Crippen MR) is 126 cm³/mol. The number of rotatable bonds is 5. The van der Waals surface area contributed by atoms with E-state index in [4.69, 9.17) is 9.40 Å². The van der Waals surface area contributed by atoms with Crippen LogP contribution in [-0.2, 0) is 16.1 Å². The molecular formula is C25H21N3O4S. The molecule has 166 valence electrons. The lowest BCUT2D eigenvalue weighted by Gasteiger charge is -2.20. The van der Waals surface area contributed by atoms with E-state index in [1.807, 2.05) is 26.0 Å². The molecule has 1 aliphatic rings. The Kier molecular flexibility index (Phi) is 5.30. The van der Waals surface area contributed by atoms with Gasteiger partial charge in [-0.2, -0.15) is 0 Å². The van der Waals surface area contributed by atoms with Crippen molar-refractivity contribution >= 4 is 50.1 Å². The highest BCUT2D eigenvalue weighted by Crippen LogP contribution is 2.34. The second-order valence-electron chi connectivity index (χ2n) is 7.99. The number of furan rings is 1. The molecule has 0 bridgehead atoms. The van der Waals surface area contributed by atoms with Crippen molar-refractivity contribution in [2.24, 2.45) is 0 Å². The number of aromatic nitrogens is 1. The maximum atomic E-state index is 13.7. The molecule has 3 heterocycles. The first-order chi connectivity index (χ1) is 15.9. The molecule has 0 N–H and O–H groups in total. The Hall–Kier alpha value is -3.78. The van der Waals surface area contributed by atoms with Gasteiger partial charge in [-0.25, -0.2) is 4.98 Å². The number of hydrogen-bond acceptors (Lipinski definition) is 6. The lowest BCUT2D eigenvalue weighted by atomic mass is 10.1. The molecule has 2 aromatic heterocycles. The molecular weight excluding hydrogens is 438 g/mol. The molecule has 33 heavy (non-hydrogen) atoms. The Bertz CT molecular complexity index is 1370. The smallest absolute Gasteiger partial charge is 0.260 e. The van der Waals surface area contributed by atoms with E-state index in [9.17, 15) is 14.4 Å². The Labute approximate surface area is 194 Å². The third-order valence-corrected chi connectivity index (χ3v) is 6.89. The van der Waals surface area contributed by atoms with E-state index < -0.39 is 0 Å². The summed E-state index contributed by atoms with van der Waals surface area (Å²) in [5.41, 5.74) is 3.85. The molecule has 3 amide bonds. The number of amides is 3. The first-order valence-electron chi connectivity index (χ1n) is 10.6. The Morgan fingerprint density at radius 1 is 1.09 bits per heavy atom. The van der Waals surface area contributed by atoms with Crippen molar-refractivity contribution < 1.29 is 18.8 Å². The average Bonchev–Trinajstić information content (AvgIpc) is 3.55. The van der Waals surface area contributed by atoms with Gasteiger partial charge >= 0.3 is 0 Å². The number of hydrogen-bond donors (Lipinski definition) is 0. The Morgan fingerprint density at radius 2 is 1.88 bits per heavy atom. The van der Waals surface area contributed by atoms with Crippen molar-refractivity contribution in [1.82, 2.24) is 4.98 Å². The molecule has 0 atom stereocenters. The van der Waals surface area contributed by atoms with Crippen LogP contribution < -0.4 is 9.80 Å². The van der Waals surface area contributed by atoms with Gasteiger partial charge in [0.15, 0.2) is 5.13 Å². The standard InChI is InChI=1S/C25H21N3O4S/c1-15-8-9-20-23(16(15)2)26-25(33-20)27(14-19-7-4-12-32-19)24(31)17-5-3-6-18(13-17)28-21(29)10-11-22(28)30/h3-9,12-13H,10-11,14H2,1-2H3. The van der Waals surface area contributed by atoms with Crippen LogP contribution in [0, 0.1) is 13.8 Å². The van der Waals surface area contributed by atoms with Crippen molar-refractivity contribution in [3.8, 4) is 0 Å². The van der Waals surface area contributed by atoms with Gasteiger partial charge < -0.3 is 4.42 Å². The number of fused-ring (bicyclic) bond motifs is 1. The molecule has 1 fully saturated rings. The predicted octanol–water partition coefficient (Wildman–Crippen LogP) is 5.01. The van der Waals surface area contributed by atoms with Gasteiger partial charge in [-0.15, -0.1) is 0 Å². The number of benzene rings is 2. The number of nitrogens with zero attached hydrogens (tertiary/aromatic N) is 3. The van der Waals surface area contributed by atoms with Gasteiger partial charge in [-0.3, -0.25) is 24.2 Å². The molecule has 5 rings (SSSR count). The van der Waals surface area contributed by atoms with Gasteiger partial charge in [-0.1, -0.05) is 23.5 Å². The van der Waals surface area contributed by atoms with Crippen LogP contribution in [0.5, 0.6) is 0 Å². The number of carbonyl (C=O) groups is 3. The summed E-state index contributed by atoms with van der Waals surface area (Å²) in [5.74, 6) is -0.180. The molecule has 0 radical (unpaired) electrons. The fourth-order valence-electron chi connectivity index (χ4n) is 3.91. The summed E-state index contributed by atoms with van der Waals surface area (Å²) in [6.07, 6.45) is 1.94. The van der Waals surface area contributed by atoms with E-state index in [-0.39, 0.29) is 37.1 Å². The first kappa shape index (κ1) is 21.1. The van der Waals surface area contributed by atoms with Gasteiger partial charge in [-0.05, 0) is 61.4 Å². The quantitative estimate of drug-likeness (QED) is 0.392. The SMILES string of the molecule is Cc1ccc2sc(N(Cc3ccco3)C(=O)c3cccc(N4C(=O)CCC4=O)c3)nc2c1C. The van der Waals surface area contributed by atoms with E-state index in [0.717, 1.165) is 26.2 Å². The minimum atomic E-state index is -0.291. The molecule has 0 unspecified atom stereocenters. The van der Waals surface area contributed by atoms with Crippen LogP contribution in [0.3, 0.4) is 0 Å². The van der Waals surface area contributed by atoms with E-state index in [2.05, 4.69) is 0 Å². The van der Waals surface area contributed by atoms with Gasteiger partial charge in [0, 0.05) is 18.4 Å². The van der Waals surface area contributed by atoms with Crippen LogP contribution in [0.1, 0.15) is 40.1 Å². The van der Waals surface area contributed by atoms with Gasteiger partial charge in [0.05, 0.1) is 28.7 Å². The highest BCUT2D eigenvalue weighted by atomic mass is 32.1. The highest BCUT2D eigenvalue weighted by molar-refractivity contribution is 7.22. The van der Waals surface area contributed by atoms with E-state index in [1.54, 1.807) is 47.6 Å². The molecule has 8 heteroatoms. The monoisotopic (exact) mass is 459 g/mol. The summed E-state index contributed by atoms with van der Waals surface area (Å²) in [5, 5.41) is 0.554. The van der Waals surface area contributed by atoms with E-state index >= 15 is 0 Å². The molecule has 0 spiro atoms. The Morgan fingerprint density at radius 3 is 2.61 bits per heavy atom.